The number of carbonyl (C=O) groups is 1. The van der Waals surface area contributed by atoms with E-state index in [1.165, 1.54) is 0 Å². The van der Waals surface area contributed by atoms with E-state index in [4.69, 9.17) is 4.74 Å². The quantitative estimate of drug-likeness (QED) is 0.136. The molecule has 0 atom stereocenters. The third-order valence-electron chi connectivity index (χ3n) is 7.92. The molecule has 0 aromatic heterocycles. The highest BCUT2D eigenvalue weighted by Crippen LogP contribution is 2.54. The molecule has 0 heterocycles. The smallest absolute Gasteiger partial charge is 0.438 e. The average Bonchev–Trinajstić information content (AvgIpc) is 2.98. The molecule has 6 nitrogen and oxygen atoms in total. The van der Waals surface area contributed by atoms with E-state index in [-0.39, 0.29) is 36.1 Å². The Labute approximate surface area is 257 Å². The van der Waals surface area contributed by atoms with Crippen LogP contribution in [0.2, 0.25) is 0 Å². The van der Waals surface area contributed by atoms with Crippen LogP contribution in [-0.4, -0.2) is 40.1 Å². The van der Waals surface area contributed by atoms with Gasteiger partial charge in [-0.15, -0.1) is 0 Å². The Balaban J connectivity index is 1.82. The summed E-state index contributed by atoms with van der Waals surface area (Å²) in [5.41, 5.74) is -8.00. The molecule has 0 bridgehead atoms. The number of benzene rings is 3. The van der Waals surface area contributed by atoms with Gasteiger partial charge in [0.05, 0.1) is 18.6 Å². The second-order valence-electron chi connectivity index (χ2n) is 10.5. The summed E-state index contributed by atoms with van der Waals surface area (Å²) in [5, 5.41) is 0. The Bertz CT molecular complexity index is 1610. The minimum Gasteiger partial charge on any atom is -0.438 e. The summed E-state index contributed by atoms with van der Waals surface area (Å²) >= 11 is 0. The molecule has 16 heteroatoms. The van der Waals surface area contributed by atoms with Gasteiger partial charge in [-0.3, -0.25) is 0 Å². The molecule has 4 rings (SSSR count). The predicted molar refractivity (Wildman–Crippen MR) is 142 cm³/mol. The Morgan fingerprint density at radius 2 is 1.35 bits per heavy atom. The fourth-order valence-corrected chi connectivity index (χ4v) is 7.67. The number of methoxy groups -OCH3 is 1. The largest absolute Gasteiger partial charge is 0.508 e. The zero-order valence-corrected chi connectivity index (χ0v) is 24.5. The summed E-state index contributed by atoms with van der Waals surface area (Å²) in [6.07, 6.45) is -15.1. The van der Waals surface area contributed by atoms with E-state index in [0.717, 1.165) is 49.6 Å². The molecule has 1 aliphatic carbocycles. The van der Waals surface area contributed by atoms with E-state index in [2.05, 4.69) is 9.47 Å². The van der Waals surface area contributed by atoms with Crippen LogP contribution in [0.3, 0.4) is 0 Å². The summed E-state index contributed by atoms with van der Waals surface area (Å²) in [7, 11) is -3.46. The maximum Gasteiger partial charge on any atom is 0.508 e. The molecule has 46 heavy (non-hydrogen) atoms. The van der Waals surface area contributed by atoms with Crippen LogP contribution in [0.25, 0.3) is 0 Å². The standard InChI is InChI=1S/C30H25F9O6S/c1-43-26(40)45-21-13-15-27(16-14-21,46(41,42)22-11-9-20(31)10-12-22)18-5-7-19(8-6-18)28(29(34,35)36,30(37,38)39)44-17-23-24(32)3-2-4-25(23)33/h2-12,21H,13-17H2,1H3. The number of ether oxygens (including phenoxy) is 3. The van der Waals surface area contributed by atoms with Crippen LogP contribution in [0.5, 0.6) is 0 Å². The van der Waals surface area contributed by atoms with Gasteiger partial charge in [-0.1, -0.05) is 30.3 Å². The van der Waals surface area contributed by atoms with Gasteiger partial charge in [-0.25, -0.2) is 26.4 Å². The summed E-state index contributed by atoms with van der Waals surface area (Å²) in [6, 6.07) is 8.07. The summed E-state index contributed by atoms with van der Waals surface area (Å²) < 4.78 is 168. The highest BCUT2D eigenvalue weighted by molar-refractivity contribution is 7.92. The van der Waals surface area contributed by atoms with E-state index in [1.807, 2.05) is 0 Å². The number of carbonyl (C=O) groups excluding carboxylic acids is 1. The number of halogens is 9. The van der Waals surface area contributed by atoms with Gasteiger partial charge in [0.1, 0.15) is 28.3 Å². The Morgan fingerprint density at radius 1 is 0.826 bits per heavy atom. The zero-order chi connectivity index (χ0) is 34.1. The highest BCUT2D eigenvalue weighted by Gasteiger charge is 2.73. The number of sulfone groups is 1. The first-order chi connectivity index (χ1) is 21.4. The topological polar surface area (TPSA) is 78.9 Å². The number of hydrogen-bond acceptors (Lipinski definition) is 6. The molecule has 0 unspecified atom stereocenters. The SMILES string of the molecule is COC(=O)OC1CCC(c2ccc(C(OCc3c(F)cccc3F)(C(F)(F)F)C(F)(F)F)cc2)(S(=O)(=O)c2ccc(F)cc2)CC1. The second-order valence-corrected chi connectivity index (χ2v) is 12.7. The van der Waals surface area contributed by atoms with Crippen molar-refractivity contribution in [3.8, 4) is 0 Å². The third kappa shape index (κ3) is 6.28. The van der Waals surface area contributed by atoms with Crippen molar-refractivity contribution in [3.05, 3.63) is 101 Å². The minimum atomic E-state index is -6.21. The Morgan fingerprint density at radius 3 is 1.83 bits per heavy atom. The molecule has 0 N–H and O–H groups in total. The van der Waals surface area contributed by atoms with Crippen molar-refractivity contribution in [1.82, 2.24) is 0 Å². The van der Waals surface area contributed by atoms with Gasteiger partial charge in [-0.05, 0) is 67.6 Å². The molecule has 1 aliphatic rings. The van der Waals surface area contributed by atoms with Crippen LogP contribution in [0, 0.1) is 17.5 Å². The maximum absolute atomic E-state index is 14.4. The normalized spacial score (nSPS) is 19.5. The predicted octanol–water partition coefficient (Wildman–Crippen LogP) is 8.04. The molecule has 0 amide bonds. The second kappa shape index (κ2) is 12.8. The van der Waals surface area contributed by atoms with Crippen molar-refractivity contribution < 1.29 is 66.9 Å². The first kappa shape index (κ1) is 35.1. The molecule has 3 aromatic carbocycles. The van der Waals surface area contributed by atoms with E-state index in [0.29, 0.717) is 24.3 Å². The Kier molecular flexibility index (Phi) is 9.74. The lowest BCUT2D eigenvalue weighted by Crippen LogP contribution is -2.56. The lowest BCUT2D eigenvalue weighted by molar-refractivity contribution is -0.392. The lowest BCUT2D eigenvalue weighted by Gasteiger charge is -2.40. The number of hydrogen-bond donors (Lipinski definition) is 0. The molecular weight excluding hydrogens is 659 g/mol. The van der Waals surface area contributed by atoms with E-state index in [9.17, 15) is 52.7 Å². The van der Waals surface area contributed by atoms with Crippen LogP contribution in [0.4, 0.5) is 44.3 Å². The van der Waals surface area contributed by atoms with Crippen molar-refractivity contribution in [2.45, 2.75) is 66.0 Å². The highest BCUT2D eigenvalue weighted by atomic mass is 32.2. The van der Waals surface area contributed by atoms with Crippen LogP contribution >= 0.6 is 0 Å². The summed E-state index contributed by atoms with van der Waals surface area (Å²) in [5.74, 6) is -3.64. The van der Waals surface area contributed by atoms with Crippen LogP contribution in [0.1, 0.15) is 42.4 Å². The van der Waals surface area contributed by atoms with Crippen LogP contribution in [0.15, 0.2) is 71.6 Å². The van der Waals surface area contributed by atoms with Crippen LogP contribution in [-0.2, 0) is 41.0 Å². The van der Waals surface area contributed by atoms with Crippen molar-refractivity contribution in [3.63, 3.8) is 0 Å². The molecule has 3 aromatic rings. The van der Waals surface area contributed by atoms with Crippen molar-refractivity contribution in [2.24, 2.45) is 0 Å². The average molecular weight is 685 g/mol. The van der Waals surface area contributed by atoms with Gasteiger partial charge in [0.15, 0.2) is 9.84 Å². The first-order valence-corrected chi connectivity index (χ1v) is 14.9. The minimum absolute atomic E-state index is 0.0936. The molecule has 250 valence electrons. The van der Waals surface area contributed by atoms with E-state index >= 15 is 0 Å². The van der Waals surface area contributed by atoms with Gasteiger partial charge in [-0.2, -0.15) is 26.3 Å². The summed E-state index contributed by atoms with van der Waals surface area (Å²) in [4.78, 5) is 11.2. The summed E-state index contributed by atoms with van der Waals surface area (Å²) in [6.45, 7) is -1.76. The van der Waals surface area contributed by atoms with E-state index < -0.39 is 80.0 Å². The molecule has 1 saturated carbocycles. The van der Waals surface area contributed by atoms with Gasteiger partial charge >= 0.3 is 18.5 Å². The number of alkyl halides is 6. The van der Waals surface area contributed by atoms with Crippen molar-refractivity contribution >= 4 is 16.0 Å². The van der Waals surface area contributed by atoms with E-state index in [1.54, 1.807) is 0 Å². The molecule has 0 radical (unpaired) electrons. The van der Waals surface area contributed by atoms with Gasteiger partial charge in [0, 0.05) is 11.1 Å². The molecule has 1 fully saturated rings. The van der Waals surface area contributed by atoms with Gasteiger partial charge in [0.25, 0.3) is 5.60 Å². The zero-order valence-electron chi connectivity index (χ0n) is 23.7. The first-order valence-electron chi connectivity index (χ1n) is 13.5. The molecular formula is C30H25F9O6S. The number of rotatable bonds is 8. The maximum atomic E-state index is 14.4. The fraction of sp³-hybridized carbons (Fsp3) is 0.367. The van der Waals surface area contributed by atoms with Gasteiger partial charge < -0.3 is 14.2 Å². The molecule has 0 aliphatic heterocycles. The van der Waals surface area contributed by atoms with Crippen molar-refractivity contribution in [2.75, 3.05) is 7.11 Å². The Hall–Kier alpha value is -3.79. The molecule has 0 spiro atoms. The lowest BCUT2D eigenvalue weighted by atomic mass is 9.80. The third-order valence-corrected chi connectivity index (χ3v) is 10.5. The van der Waals surface area contributed by atoms with Crippen LogP contribution < -0.4 is 0 Å². The molecule has 0 saturated heterocycles. The fourth-order valence-electron chi connectivity index (χ4n) is 5.51. The monoisotopic (exact) mass is 684 g/mol. The van der Waals surface area contributed by atoms with Crippen molar-refractivity contribution in [1.29, 1.82) is 0 Å². The van der Waals surface area contributed by atoms with Gasteiger partial charge in [0.2, 0.25) is 0 Å².